The van der Waals surface area contributed by atoms with Crippen LogP contribution in [0.1, 0.15) is 46.6 Å². The SMILES string of the molecule is CCOC1(C(C)C[C@@H](Cc2ccc(-c3cccc(Cl)c3)cc2)NC(=O)OC(C)(C)C)[I-]C[I-]1. The van der Waals surface area contributed by atoms with E-state index >= 15 is 0 Å². The molecule has 1 N–H and O–H groups in total. The molecule has 3 rings (SSSR count). The van der Waals surface area contributed by atoms with E-state index in [0.29, 0.717) is 5.92 Å². The van der Waals surface area contributed by atoms with E-state index < -0.39 is 5.60 Å². The van der Waals surface area contributed by atoms with E-state index in [4.69, 9.17) is 21.1 Å². The molecule has 2 aromatic carbocycles. The quantitative estimate of drug-likeness (QED) is 0.304. The fourth-order valence-electron chi connectivity index (χ4n) is 3.84. The summed E-state index contributed by atoms with van der Waals surface area (Å²) in [4.78, 5) is 12.6. The van der Waals surface area contributed by atoms with E-state index in [-0.39, 0.29) is 56.2 Å². The first-order valence-corrected chi connectivity index (χ1v) is 16.9. The summed E-state index contributed by atoms with van der Waals surface area (Å²) in [7, 11) is 0. The van der Waals surface area contributed by atoms with Crippen LogP contribution in [0.4, 0.5) is 4.79 Å². The van der Waals surface area contributed by atoms with Crippen molar-refractivity contribution in [1.29, 1.82) is 0 Å². The van der Waals surface area contributed by atoms with E-state index in [1.165, 1.54) is 8.00 Å². The van der Waals surface area contributed by atoms with Gasteiger partial charge in [-0.3, -0.25) is 0 Å². The summed E-state index contributed by atoms with van der Waals surface area (Å²) in [6, 6.07) is 16.4. The molecule has 1 aliphatic heterocycles. The standard InChI is InChI=1S/C26H34ClI2NO3/c1-6-32-26(28-17-29-26)18(2)14-23(30-24(31)33-25(3,4)5)15-19-10-12-20(13-11-19)21-8-7-9-22(27)16-21/h7-13,16,18,23H,6,14-15,17H2,1-5H3,(H,30,31)/q-2/t18?,23-/m0/s1. The van der Waals surface area contributed by atoms with Crippen LogP contribution >= 0.6 is 11.6 Å². The van der Waals surface area contributed by atoms with Crippen LogP contribution in [0.15, 0.2) is 48.5 Å². The molecule has 0 radical (unpaired) electrons. The first-order valence-electron chi connectivity index (χ1n) is 11.3. The Morgan fingerprint density at radius 1 is 1.15 bits per heavy atom. The van der Waals surface area contributed by atoms with Gasteiger partial charge in [-0.2, -0.15) is 0 Å². The van der Waals surface area contributed by atoms with Gasteiger partial charge in [-0.05, 0) is 6.07 Å². The van der Waals surface area contributed by atoms with Gasteiger partial charge in [0.2, 0.25) is 0 Å². The number of alkyl halides is 4. The molecule has 184 valence electrons. The Morgan fingerprint density at radius 3 is 2.39 bits per heavy atom. The number of nitrogens with one attached hydrogen (secondary N) is 1. The summed E-state index contributed by atoms with van der Waals surface area (Å²) in [5.41, 5.74) is 2.90. The van der Waals surface area contributed by atoms with Crippen molar-refractivity contribution in [2.75, 3.05) is 9.04 Å². The third-order valence-electron chi connectivity index (χ3n) is 5.33. The van der Waals surface area contributed by atoms with Crippen molar-refractivity contribution in [3.63, 3.8) is 0 Å². The Kier molecular flexibility index (Phi) is 9.75. The second-order valence-electron chi connectivity index (χ2n) is 9.25. The summed E-state index contributed by atoms with van der Waals surface area (Å²) in [5, 5.41) is 3.89. The maximum absolute atomic E-state index is 12.6. The minimum atomic E-state index is -0.518. The van der Waals surface area contributed by atoms with Crippen molar-refractivity contribution < 1.29 is 56.7 Å². The number of amides is 1. The molecule has 1 saturated heterocycles. The molecule has 0 saturated carbocycles. The van der Waals surface area contributed by atoms with E-state index in [2.05, 4.69) is 49.5 Å². The van der Waals surface area contributed by atoms with Gasteiger partial charge in [0.1, 0.15) is 0 Å². The molecule has 0 aromatic heterocycles. The van der Waals surface area contributed by atoms with E-state index in [1.807, 2.05) is 39.0 Å². The van der Waals surface area contributed by atoms with Crippen molar-refractivity contribution in [3.05, 3.63) is 59.1 Å². The predicted octanol–water partition coefficient (Wildman–Crippen LogP) is 0.308. The average Bonchev–Trinajstić information content (AvgIpc) is 2.69. The molecule has 0 bridgehead atoms. The topological polar surface area (TPSA) is 47.6 Å². The van der Waals surface area contributed by atoms with Gasteiger partial charge in [0.15, 0.2) is 0 Å². The average molecular weight is 698 g/mol. The second-order valence-corrected chi connectivity index (χ2v) is 20.9. The van der Waals surface area contributed by atoms with Gasteiger partial charge in [0.05, 0.1) is 0 Å². The first-order chi connectivity index (χ1) is 15.6. The van der Waals surface area contributed by atoms with E-state index in [1.54, 1.807) is 0 Å². The van der Waals surface area contributed by atoms with Crippen LogP contribution < -0.4 is 47.7 Å². The number of halogens is 3. The molecular weight excluding hydrogens is 664 g/mol. The Balaban J connectivity index is 1.73. The Bertz CT molecular complexity index is 926. The van der Waals surface area contributed by atoms with Crippen LogP contribution in [0.5, 0.6) is 0 Å². The monoisotopic (exact) mass is 697 g/mol. The zero-order chi connectivity index (χ0) is 24.1. The molecule has 1 fully saturated rings. The molecule has 0 aliphatic carbocycles. The summed E-state index contributed by atoms with van der Waals surface area (Å²) >= 11 is 6.34. The molecule has 0 spiro atoms. The third-order valence-corrected chi connectivity index (χ3v) is 18.7. The van der Waals surface area contributed by atoms with Gasteiger partial charge >= 0.3 is 208 Å². The maximum atomic E-state index is 12.6. The zero-order valence-corrected chi connectivity index (χ0v) is 25.0. The van der Waals surface area contributed by atoms with Gasteiger partial charge in [0, 0.05) is 0 Å². The molecule has 2 aromatic rings. The van der Waals surface area contributed by atoms with Gasteiger partial charge < -0.3 is 0 Å². The Morgan fingerprint density at radius 2 is 1.85 bits per heavy atom. The Labute approximate surface area is 224 Å². The molecular formula is C26H34ClI2NO3-2. The van der Waals surface area contributed by atoms with E-state index in [0.717, 1.165) is 35.6 Å². The Hall–Kier alpha value is -0.580. The van der Waals surface area contributed by atoms with Crippen molar-refractivity contribution in [1.82, 2.24) is 5.32 Å². The number of rotatable bonds is 9. The van der Waals surface area contributed by atoms with Crippen LogP contribution in [0.25, 0.3) is 11.1 Å². The normalized spacial score (nSPS) is 17.5. The molecule has 1 heterocycles. The fourth-order valence-corrected chi connectivity index (χ4v) is 13.7. The molecule has 2 atom stereocenters. The number of alkyl carbamates (subject to hydrolysis) is 1. The molecule has 33 heavy (non-hydrogen) atoms. The number of carbonyl (C=O) groups is 1. The predicted molar refractivity (Wildman–Crippen MR) is 127 cm³/mol. The van der Waals surface area contributed by atoms with Crippen LogP contribution in [0, 0.1) is 5.92 Å². The number of hydrogen-bond donors (Lipinski definition) is 1. The van der Waals surface area contributed by atoms with Crippen molar-refractivity contribution in [2.24, 2.45) is 5.92 Å². The summed E-state index contributed by atoms with van der Waals surface area (Å²) in [6.45, 7) is 10.9. The number of benzene rings is 2. The molecule has 7 heteroatoms. The first kappa shape index (κ1) is 27.0. The number of hydrogen-bond acceptors (Lipinski definition) is 3. The van der Waals surface area contributed by atoms with Crippen LogP contribution in [0.3, 0.4) is 0 Å². The summed E-state index contributed by atoms with van der Waals surface area (Å²) in [5.74, 6) is 0.442. The van der Waals surface area contributed by atoms with Crippen LogP contribution in [-0.4, -0.2) is 28.4 Å². The van der Waals surface area contributed by atoms with Gasteiger partial charge in [-0.15, -0.1) is 0 Å². The van der Waals surface area contributed by atoms with Gasteiger partial charge in [0.25, 0.3) is 0 Å². The van der Waals surface area contributed by atoms with Crippen molar-refractivity contribution in [3.8, 4) is 11.1 Å². The fraction of sp³-hybridized carbons (Fsp3) is 0.500. The molecule has 1 unspecified atom stereocenters. The summed E-state index contributed by atoms with van der Waals surface area (Å²) < 4.78 is 13.4. The molecule has 1 amide bonds. The third kappa shape index (κ3) is 7.97. The van der Waals surface area contributed by atoms with Gasteiger partial charge in [-0.1, -0.05) is 11.6 Å². The zero-order valence-electron chi connectivity index (χ0n) is 20.0. The van der Waals surface area contributed by atoms with Crippen LogP contribution in [0.2, 0.25) is 5.02 Å². The van der Waals surface area contributed by atoms with Crippen molar-refractivity contribution >= 4 is 17.7 Å². The minimum absolute atomic E-state index is 0.00202. The van der Waals surface area contributed by atoms with Gasteiger partial charge in [-0.25, -0.2) is 0 Å². The van der Waals surface area contributed by atoms with Crippen LogP contribution in [-0.2, 0) is 15.9 Å². The molecule has 1 aliphatic rings. The number of ether oxygens (including phenoxy) is 2. The second kappa shape index (κ2) is 11.9. The van der Waals surface area contributed by atoms with Crippen molar-refractivity contribution in [2.45, 2.75) is 60.7 Å². The number of carbonyl (C=O) groups excluding carboxylic acids is 1. The van der Waals surface area contributed by atoms with E-state index in [9.17, 15) is 4.79 Å². The summed E-state index contributed by atoms with van der Waals surface area (Å²) in [6.07, 6.45) is 1.31. The molecule has 4 nitrogen and oxygen atoms in total.